The minimum atomic E-state index is -0.843. The Morgan fingerprint density at radius 1 is 1.12 bits per heavy atom. The van der Waals surface area contributed by atoms with Gasteiger partial charge in [-0.1, -0.05) is 31.2 Å². The molecule has 0 radical (unpaired) electrons. The van der Waals surface area contributed by atoms with Crippen molar-refractivity contribution in [1.82, 2.24) is 4.98 Å². The molecule has 124 valence electrons. The topological polar surface area (TPSA) is 62.3 Å². The second-order valence-electron chi connectivity index (χ2n) is 5.74. The summed E-state index contributed by atoms with van der Waals surface area (Å²) in [6.07, 6.45) is 0.952. The molecule has 0 spiro atoms. The molecule has 2 aromatic carbocycles. The highest BCUT2D eigenvalue weighted by Crippen LogP contribution is 2.33. The standard InChI is InChI=1S/C20H21NO3/c1-3-13-5-7-14(8-6-13)20-17(12-19(22)23)16-11-15(24-4-2)9-10-18(16)21-20/h5-11,21H,3-4,12H2,1-2H3,(H,22,23). The lowest BCUT2D eigenvalue weighted by Crippen LogP contribution is -2.01. The maximum absolute atomic E-state index is 11.4. The lowest BCUT2D eigenvalue weighted by atomic mass is 10.0. The van der Waals surface area contributed by atoms with Gasteiger partial charge in [-0.25, -0.2) is 0 Å². The number of aromatic amines is 1. The lowest BCUT2D eigenvalue weighted by Gasteiger charge is -2.05. The number of rotatable bonds is 6. The third-order valence-electron chi connectivity index (χ3n) is 4.17. The summed E-state index contributed by atoms with van der Waals surface area (Å²) in [5.74, 6) is -0.0901. The summed E-state index contributed by atoms with van der Waals surface area (Å²) in [4.78, 5) is 14.7. The Hall–Kier alpha value is -2.75. The van der Waals surface area contributed by atoms with E-state index in [9.17, 15) is 9.90 Å². The Labute approximate surface area is 141 Å². The smallest absolute Gasteiger partial charge is 0.307 e. The average Bonchev–Trinajstić information content (AvgIpc) is 2.93. The fraction of sp³-hybridized carbons (Fsp3) is 0.250. The molecule has 24 heavy (non-hydrogen) atoms. The zero-order valence-corrected chi connectivity index (χ0v) is 13.9. The van der Waals surface area contributed by atoms with Crippen molar-refractivity contribution in [3.05, 3.63) is 53.6 Å². The fourth-order valence-electron chi connectivity index (χ4n) is 2.97. The number of aliphatic carboxylic acids is 1. The van der Waals surface area contributed by atoms with Crippen molar-refractivity contribution in [2.24, 2.45) is 0 Å². The van der Waals surface area contributed by atoms with E-state index in [0.29, 0.717) is 6.61 Å². The molecular formula is C20H21NO3. The van der Waals surface area contributed by atoms with Crippen LogP contribution < -0.4 is 4.74 Å². The van der Waals surface area contributed by atoms with Gasteiger partial charge >= 0.3 is 5.97 Å². The summed E-state index contributed by atoms with van der Waals surface area (Å²) in [6.45, 7) is 4.62. The van der Waals surface area contributed by atoms with Gasteiger partial charge in [-0.3, -0.25) is 4.79 Å². The van der Waals surface area contributed by atoms with Crippen molar-refractivity contribution >= 4 is 16.9 Å². The van der Waals surface area contributed by atoms with E-state index in [1.165, 1.54) is 5.56 Å². The summed E-state index contributed by atoms with van der Waals surface area (Å²) in [5.41, 5.74) is 4.84. The van der Waals surface area contributed by atoms with E-state index in [0.717, 1.165) is 39.9 Å². The number of carboxylic acids is 1. The van der Waals surface area contributed by atoms with Crippen molar-refractivity contribution in [2.75, 3.05) is 6.61 Å². The maximum atomic E-state index is 11.4. The van der Waals surface area contributed by atoms with Crippen LogP contribution in [0.4, 0.5) is 0 Å². The molecule has 0 aliphatic rings. The summed E-state index contributed by atoms with van der Waals surface area (Å²) < 4.78 is 5.56. The number of hydrogen-bond acceptors (Lipinski definition) is 2. The number of carboxylic acid groups (broad SMARTS) is 1. The Bertz CT molecular complexity index is 862. The minimum Gasteiger partial charge on any atom is -0.494 e. The number of ether oxygens (including phenoxy) is 1. The van der Waals surface area contributed by atoms with E-state index in [2.05, 4.69) is 24.0 Å². The number of carbonyl (C=O) groups is 1. The average molecular weight is 323 g/mol. The Balaban J connectivity index is 2.15. The second-order valence-corrected chi connectivity index (χ2v) is 5.74. The molecule has 3 aromatic rings. The van der Waals surface area contributed by atoms with Crippen LogP contribution in [0, 0.1) is 0 Å². The molecule has 2 N–H and O–H groups in total. The summed E-state index contributed by atoms with van der Waals surface area (Å²) >= 11 is 0. The SMILES string of the molecule is CCOc1ccc2[nH]c(-c3ccc(CC)cc3)c(CC(=O)O)c2c1. The summed E-state index contributed by atoms with van der Waals surface area (Å²) in [6, 6.07) is 14.0. The van der Waals surface area contributed by atoms with Crippen LogP contribution in [0.3, 0.4) is 0 Å². The highest BCUT2D eigenvalue weighted by Gasteiger charge is 2.16. The first kappa shape index (κ1) is 16.1. The second kappa shape index (κ2) is 6.79. The fourth-order valence-corrected chi connectivity index (χ4v) is 2.97. The Kier molecular flexibility index (Phi) is 4.56. The molecule has 0 saturated carbocycles. The molecule has 4 nitrogen and oxygen atoms in total. The Morgan fingerprint density at radius 2 is 1.88 bits per heavy atom. The number of benzene rings is 2. The highest BCUT2D eigenvalue weighted by atomic mass is 16.5. The van der Waals surface area contributed by atoms with Crippen LogP contribution in [0.15, 0.2) is 42.5 Å². The van der Waals surface area contributed by atoms with Crippen molar-refractivity contribution in [2.45, 2.75) is 26.7 Å². The van der Waals surface area contributed by atoms with Gasteiger partial charge < -0.3 is 14.8 Å². The largest absolute Gasteiger partial charge is 0.494 e. The van der Waals surface area contributed by atoms with Crippen LogP contribution in [0.25, 0.3) is 22.2 Å². The van der Waals surface area contributed by atoms with Gasteiger partial charge in [-0.05, 0) is 48.2 Å². The molecule has 1 aromatic heterocycles. The van der Waals surface area contributed by atoms with E-state index in [1.807, 2.05) is 37.3 Å². The minimum absolute atomic E-state index is 0.0273. The lowest BCUT2D eigenvalue weighted by molar-refractivity contribution is -0.136. The van der Waals surface area contributed by atoms with Crippen molar-refractivity contribution in [1.29, 1.82) is 0 Å². The number of nitrogens with one attached hydrogen (secondary N) is 1. The molecule has 0 amide bonds. The van der Waals surface area contributed by atoms with Crippen LogP contribution in [-0.2, 0) is 17.6 Å². The van der Waals surface area contributed by atoms with Gasteiger partial charge in [0, 0.05) is 10.9 Å². The zero-order chi connectivity index (χ0) is 17.1. The van der Waals surface area contributed by atoms with Gasteiger partial charge in [0.05, 0.1) is 18.7 Å². The normalized spacial score (nSPS) is 10.9. The van der Waals surface area contributed by atoms with Gasteiger partial charge in [0.2, 0.25) is 0 Å². The first-order valence-electron chi connectivity index (χ1n) is 8.20. The molecule has 0 fully saturated rings. The van der Waals surface area contributed by atoms with Gasteiger partial charge in [0.15, 0.2) is 0 Å². The van der Waals surface area contributed by atoms with Crippen molar-refractivity contribution in [3.63, 3.8) is 0 Å². The van der Waals surface area contributed by atoms with Crippen molar-refractivity contribution in [3.8, 4) is 17.0 Å². The maximum Gasteiger partial charge on any atom is 0.307 e. The van der Waals surface area contributed by atoms with Crippen LogP contribution in [0.2, 0.25) is 0 Å². The van der Waals surface area contributed by atoms with Crippen LogP contribution >= 0.6 is 0 Å². The van der Waals surface area contributed by atoms with E-state index in [4.69, 9.17) is 4.74 Å². The molecule has 0 atom stereocenters. The molecule has 0 saturated heterocycles. The number of aryl methyl sites for hydroxylation is 1. The predicted octanol–water partition coefficient (Wildman–Crippen LogP) is 4.42. The third kappa shape index (κ3) is 3.13. The number of H-pyrrole nitrogens is 1. The quantitative estimate of drug-likeness (QED) is 0.705. The monoisotopic (exact) mass is 323 g/mol. The molecule has 1 heterocycles. The highest BCUT2D eigenvalue weighted by molar-refractivity contribution is 5.94. The van der Waals surface area contributed by atoms with Crippen LogP contribution in [0.1, 0.15) is 25.0 Å². The molecule has 0 aliphatic carbocycles. The predicted molar refractivity (Wildman–Crippen MR) is 95.6 cm³/mol. The third-order valence-corrected chi connectivity index (χ3v) is 4.17. The van der Waals surface area contributed by atoms with Gasteiger partial charge in [-0.2, -0.15) is 0 Å². The van der Waals surface area contributed by atoms with Crippen LogP contribution in [-0.4, -0.2) is 22.7 Å². The molecule has 0 unspecified atom stereocenters. The molecule has 3 rings (SSSR count). The first-order chi connectivity index (χ1) is 11.6. The first-order valence-corrected chi connectivity index (χ1v) is 8.20. The van der Waals surface area contributed by atoms with E-state index >= 15 is 0 Å². The van der Waals surface area contributed by atoms with Crippen LogP contribution in [0.5, 0.6) is 5.75 Å². The Morgan fingerprint density at radius 3 is 2.50 bits per heavy atom. The zero-order valence-electron chi connectivity index (χ0n) is 13.9. The number of aromatic nitrogens is 1. The molecule has 0 aliphatic heterocycles. The summed E-state index contributed by atoms with van der Waals surface area (Å²) in [7, 11) is 0. The molecule has 0 bridgehead atoms. The van der Waals surface area contributed by atoms with E-state index in [1.54, 1.807) is 0 Å². The van der Waals surface area contributed by atoms with Gasteiger partial charge in [0.25, 0.3) is 0 Å². The van der Waals surface area contributed by atoms with Gasteiger partial charge in [0.1, 0.15) is 5.75 Å². The number of hydrogen-bond donors (Lipinski definition) is 2. The van der Waals surface area contributed by atoms with Gasteiger partial charge in [-0.15, -0.1) is 0 Å². The van der Waals surface area contributed by atoms with Crippen molar-refractivity contribution < 1.29 is 14.6 Å². The number of fused-ring (bicyclic) bond motifs is 1. The van der Waals surface area contributed by atoms with E-state index in [-0.39, 0.29) is 6.42 Å². The van der Waals surface area contributed by atoms with E-state index < -0.39 is 5.97 Å². The molecular weight excluding hydrogens is 302 g/mol. The summed E-state index contributed by atoms with van der Waals surface area (Å²) in [5, 5.41) is 10.2. The molecule has 4 heteroatoms.